The van der Waals surface area contributed by atoms with Gasteiger partial charge in [-0.05, 0) is 51.0 Å². The Balaban J connectivity index is 1.60. The fraction of sp³-hybridized carbons (Fsp3) is 0.938. The molecule has 2 heterocycles. The molecule has 1 amide bonds. The zero-order valence-electron chi connectivity index (χ0n) is 12.6. The number of fused-ring (bicyclic) bond motifs is 1. The van der Waals surface area contributed by atoms with Crippen molar-refractivity contribution in [3.8, 4) is 0 Å². The Hall–Kier alpha value is -0.610. The number of carbonyl (C=O) groups is 1. The normalized spacial score (nSPS) is 35.0. The van der Waals surface area contributed by atoms with Crippen LogP contribution in [0.5, 0.6) is 0 Å². The van der Waals surface area contributed by atoms with Crippen LogP contribution < -0.4 is 5.73 Å². The molecule has 2 N–H and O–H groups in total. The van der Waals surface area contributed by atoms with Crippen LogP contribution in [0.1, 0.15) is 51.4 Å². The van der Waals surface area contributed by atoms with Crippen LogP contribution in [0.15, 0.2) is 0 Å². The van der Waals surface area contributed by atoms with E-state index in [1.807, 2.05) is 0 Å². The Morgan fingerprint density at radius 2 is 1.75 bits per heavy atom. The number of hydrogen-bond acceptors (Lipinski definition) is 3. The van der Waals surface area contributed by atoms with Gasteiger partial charge in [0.05, 0.1) is 6.54 Å². The van der Waals surface area contributed by atoms with Crippen molar-refractivity contribution in [2.24, 2.45) is 11.7 Å². The van der Waals surface area contributed by atoms with Crippen LogP contribution in [0.2, 0.25) is 0 Å². The summed E-state index contributed by atoms with van der Waals surface area (Å²) < 4.78 is 0. The van der Waals surface area contributed by atoms with E-state index >= 15 is 0 Å². The van der Waals surface area contributed by atoms with Crippen molar-refractivity contribution in [3.63, 3.8) is 0 Å². The molecule has 114 valence electrons. The minimum absolute atomic E-state index is 0.363. The van der Waals surface area contributed by atoms with Gasteiger partial charge in [-0.3, -0.25) is 9.69 Å². The van der Waals surface area contributed by atoms with Crippen molar-refractivity contribution in [2.75, 3.05) is 26.2 Å². The summed E-state index contributed by atoms with van der Waals surface area (Å²) >= 11 is 0. The van der Waals surface area contributed by atoms with Crippen LogP contribution in [0.25, 0.3) is 0 Å². The number of nitrogens with two attached hydrogens (primary N) is 1. The highest BCUT2D eigenvalue weighted by Crippen LogP contribution is 2.35. The van der Waals surface area contributed by atoms with E-state index < -0.39 is 0 Å². The number of carbonyl (C=O) groups excluding carboxylic acids is 1. The lowest BCUT2D eigenvalue weighted by atomic mass is 9.78. The fourth-order valence-electron chi connectivity index (χ4n) is 4.57. The zero-order chi connectivity index (χ0) is 13.9. The van der Waals surface area contributed by atoms with Gasteiger partial charge in [0.15, 0.2) is 0 Å². The first-order chi connectivity index (χ1) is 9.79. The standard InChI is InChI=1S/C16H29N3O/c17-11-14-7-4-9-18(14)12-16(20)19-10-3-6-13-5-1-2-8-15(13)19/h13-15H,1-12,17H2. The number of rotatable bonds is 3. The van der Waals surface area contributed by atoms with E-state index in [2.05, 4.69) is 9.80 Å². The molecule has 3 aliphatic rings. The van der Waals surface area contributed by atoms with Crippen molar-refractivity contribution in [2.45, 2.75) is 63.5 Å². The molecule has 0 aromatic rings. The number of amides is 1. The highest BCUT2D eigenvalue weighted by molar-refractivity contribution is 5.78. The first-order valence-corrected chi connectivity index (χ1v) is 8.53. The summed E-state index contributed by atoms with van der Waals surface area (Å²) in [5, 5.41) is 0. The van der Waals surface area contributed by atoms with Crippen LogP contribution in [0.3, 0.4) is 0 Å². The quantitative estimate of drug-likeness (QED) is 0.853. The smallest absolute Gasteiger partial charge is 0.237 e. The molecule has 2 aliphatic heterocycles. The highest BCUT2D eigenvalue weighted by Gasteiger charge is 2.36. The molecule has 1 aliphatic carbocycles. The van der Waals surface area contributed by atoms with E-state index in [9.17, 15) is 4.79 Å². The third-order valence-corrected chi connectivity index (χ3v) is 5.67. The van der Waals surface area contributed by atoms with Crippen molar-refractivity contribution in [1.29, 1.82) is 0 Å². The summed E-state index contributed by atoms with van der Waals surface area (Å²) in [6.45, 7) is 3.33. The average molecular weight is 279 g/mol. The van der Waals surface area contributed by atoms with Crippen LogP contribution >= 0.6 is 0 Å². The molecule has 2 saturated heterocycles. The minimum atomic E-state index is 0.363. The van der Waals surface area contributed by atoms with Crippen LogP contribution in [0.4, 0.5) is 0 Å². The predicted octanol–water partition coefficient (Wildman–Crippen LogP) is 1.59. The van der Waals surface area contributed by atoms with Crippen molar-refractivity contribution in [1.82, 2.24) is 9.80 Å². The second-order valence-electron chi connectivity index (χ2n) is 6.84. The molecule has 20 heavy (non-hydrogen) atoms. The van der Waals surface area contributed by atoms with Gasteiger partial charge < -0.3 is 10.6 Å². The number of nitrogens with zero attached hydrogens (tertiary/aromatic N) is 2. The van der Waals surface area contributed by atoms with E-state index in [-0.39, 0.29) is 0 Å². The van der Waals surface area contributed by atoms with Crippen molar-refractivity contribution < 1.29 is 4.79 Å². The molecule has 1 saturated carbocycles. The Bertz CT molecular complexity index is 345. The van der Waals surface area contributed by atoms with Gasteiger partial charge >= 0.3 is 0 Å². The Morgan fingerprint density at radius 1 is 1.00 bits per heavy atom. The van der Waals surface area contributed by atoms with Crippen molar-refractivity contribution in [3.05, 3.63) is 0 Å². The molecule has 0 bridgehead atoms. The first-order valence-electron chi connectivity index (χ1n) is 8.53. The molecular formula is C16H29N3O. The van der Waals surface area contributed by atoms with Gasteiger partial charge in [-0.1, -0.05) is 12.8 Å². The van der Waals surface area contributed by atoms with Crippen LogP contribution in [-0.2, 0) is 4.79 Å². The minimum Gasteiger partial charge on any atom is -0.338 e. The summed E-state index contributed by atoms with van der Waals surface area (Å²) in [4.78, 5) is 17.2. The van der Waals surface area contributed by atoms with E-state index in [4.69, 9.17) is 5.73 Å². The Labute approximate surface area is 122 Å². The second-order valence-corrected chi connectivity index (χ2v) is 6.84. The van der Waals surface area contributed by atoms with E-state index in [1.54, 1.807) is 0 Å². The maximum atomic E-state index is 12.7. The summed E-state index contributed by atoms with van der Waals surface area (Å²) in [6, 6.07) is 0.981. The van der Waals surface area contributed by atoms with Crippen LogP contribution in [-0.4, -0.2) is 54.0 Å². The van der Waals surface area contributed by atoms with Gasteiger partial charge in [-0.25, -0.2) is 0 Å². The van der Waals surface area contributed by atoms with Gasteiger partial charge in [0.2, 0.25) is 5.91 Å². The van der Waals surface area contributed by atoms with E-state index in [0.717, 1.165) is 25.4 Å². The van der Waals surface area contributed by atoms with Gasteiger partial charge in [0.1, 0.15) is 0 Å². The average Bonchev–Trinajstić information content (AvgIpc) is 2.93. The molecule has 0 aromatic carbocycles. The molecule has 3 rings (SSSR count). The SMILES string of the molecule is NCC1CCCN1CC(=O)N1CCCC2CCCCC21. The molecule has 4 nitrogen and oxygen atoms in total. The second kappa shape index (κ2) is 6.44. The first kappa shape index (κ1) is 14.3. The van der Waals surface area contributed by atoms with Gasteiger partial charge in [-0.2, -0.15) is 0 Å². The molecule has 3 unspecified atom stereocenters. The third kappa shape index (κ3) is 2.86. The lowest BCUT2D eigenvalue weighted by molar-refractivity contribution is -0.139. The van der Waals surface area contributed by atoms with Crippen molar-refractivity contribution >= 4 is 5.91 Å². The summed E-state index contributed by atoms with van der Waals surface area (Å²) in [5.74, 6) is 1.15. The maximum absolute atomic E-state index is 12.7. The van der Waals surface area contributed by atoms with Gasteiger partial charge in [-0.15, -0.1) is 0 Å². The topological polar surface area (TPSA) is 49.6 Å². The number of piperidine rings is 1. The lowest BCUT2D eigenvalue weighted by Gasteiger charge is -2.44. The Morgan fingerprint density at radius 3 is 2.60 bits per heavy atom. The molecule has 4 heteroatoms. The number of likely N-dealkylation sites (tertiary alicyclic amines) is 2. The maximum Gasteiger partial charge on any atom is 0.237 e. The zero-order valence-corrected chi connectivity index (χ0v) is 12.6. The van der Waals surface area contributed by atoms with E-state index in [1.165, 1.54) is 44.9 Å². The number of hydrogen-bond donors (Lipinski definition) is 1. The summed E-state index contributed by atoms with van der Waals surface area (Å²) in [7, 11) is 0. The van der Waals surface area contributed by atoms with Crippen LogP contribution in [0, 0.1) is 5.92 Å². The molecule has 3 atom stereocenters. The monoisotopic (exact) mass is 279 g/mol. The molecular weight excluding hydrogens is 250 g/mol. The molecule has 3 fully saturated rings. The summed E-state index contributed by atoms with van der Waals surface area (Å²) in [5.41, 5.74) is 5.82. The molecule has 0 aromatic heterocycles. The predicted molar refractivity (Wildman–Crippen MR) is 80.3 cm³/mol. The lowest BCUT2D eigenvalue weighted by Crippen LogP contribution is -2.53. The van der Waals surface area contributed by atoms with E-state index in [0.29, 0.717) is 31.1 Å². The third-order valence-electron chi connectivity index (χ3n) is 5.67. The van der Waals surface area contributed by atoms with Gasteiger partial charge in [0.25, 0.3) is 0 Å². The fourth-order valence-corrected chi connectivity index (χ4v) is 4.57. The van der Waals surface area contributed by atoms with Gasteiger partial charge in [0, 0.05) is 25.2 Å². The summed E-state index contributed by atoms with van der Waals surface area (Å²) in [6.07, 6.45) is 10.1. The molecule has 0 spiro atoms. The largest absolute Gasteiger partial charge is 0.338 e. The molecule has 0 radical (unpaired) electrons. The highest BCUT2D eigenvalue weighted by atomic mass is 16.2. The Kier molecular flexibility index (Phi) is 4.61.